The minimum Gasteiger partial charge on any atom is -0.192 e. The average Bonchev–Trinajstić information content (AvgIpc) is 2.71. The van der Waals surface area contributed by atoms with E-state index in [1.54, 1.807) is 18.2 Å². The van der Waals surface area contributed by atoms with Gasteiger partial charge < -0.3 is 0 Å². The van der Waals surface area contributed by atoms with E-state index in [0.29, 0.717) is 19.9 Å². The Hall–Kier alpha value is -0.720. The minimum absolute atomic E-state index is 0.422. The predicted molar refractivity (Wildman–Crippen MR) is 69.5 cm³/mol. The van der Waals surface area contributed by atoms with Gasteiger partial charge in [0.15, 0.2) is 0 Å². The molecule has 0 unspecified atom stereocenters. The van der Waals surface area contributed by atoms with Crippen LogP contribution in [0.2, 0.25) is 15.1 Å². The maximum atomic E-state index is 8.75. The zero-order chi connectivity index (χ0) is 11.7. The van der Waals surface area contributed by atoms with Gasteiger partial charge in [0, 0.05) is 5.56 Å². The zero-order valence-electron chi connectivity index (χ0n) is 7.80. The summed E-state index contributed by atoms with van der Waals surface area (Å²) in [6, 6.07) is 7.16. The fourth-order valence-electron chi connectivity index (χ4n) is 1.28. The van der Waals surface area contributed by atoms with Crippen molar-refractivity contribution in [1.29, 1.82) is 5.26 Å². The van der Waals surface area contributed by atoms with Gasteiger partial charge in [0.25, 0.3) is 0 Å². The summed E-state index contributed by atoms with van der Waals surface area (Å²) >= 11 is 19.2. The summed E-state index contributed by atoms with van der Waals surface area (Å²) in [4.78, 5) is 0.636. The van der Waals surface area contributed by atoms with Crippen molar-refractivity contribution < 1.29 is 0 Å². The molecule has 0 atom stereocenters. The fourth-order valence-corrected chi connectivity index (χ4v) is 2.63. The Morgan fingerprint density at radius 1 is 1.00 bits per heavy atom. The maximum Gasteiger partial charge on any atom is 0.110 e. The molecule has 80 valence electrons. The molecular formula is C11H4Cl3NS. The van der Waals surface area contributed by atoms with Crippen LogP contribution in [0.25, 0.3) is 11.1 Å². The van der Waals surface area contributed by atoms with Crippen LogP contribution in [-0.2, 0) is 0 Å². The first-order valence-corrected chi connectivity index (χ1v) is 6.26. The zero-order valence-corrected chi connectivity index (χ0v) is 10.9. The van der Waals surface area contributed by atoms with Crippen LogP contribution < -0.4 is 0 Å². The second-order valence-corrected chi connectivity index (χ2v) is 5.19. The summed E-state index contributed by atoms with van der Waals surface area (Å²) in [7, 11) is 0. The molecule has 16 heavy (non-hydrogen) atoms. The Kier molecular flexibility index (Phi) is 3.41. The highest BCUT2D eigenvalue weighted by Gasteiger charge is 2.09. The molecule has 0 aliphatic rings. The number of hydrogen-bond acceptors (Lipinski definition) is 2. The maximum absolute atomic E-state index is 8.75. The molecule has 0 bridgehead atoms. The van der Waals surface area contributed by atoms with Crippen LogP contribution in [0.3, 0.4) is 0 Å². The highest BCUT2D eigenvalue weighted by Crippen LogP contribution is 2.36. The Morgan fingerprint density at radius 2 is 1.69 bits per heavy atom. The number of nitrogens with zero attached hydrogens (tertiary/aromatic N) is 1. The molecule has 0 amide bonds. The van der Waals surface area contributed by atoms with Gasteiger partial charge in [0.05, 0.1) is 15.1 Å². The number of hydrogen-bond donors (Lipinski definition) is 0. The van der Waals surface area contributed by atoms with Crippen LogP contribution >= 0.6 is 46.1 Å². The van der Waals surface area contributed by atoms with Gasteiger partial charge in [-0.05, 0) is 29.1 Å². The first-order chi connectivity index (χ1) is 7.61. The molecule has 1 heterocycles. The standard InChI is InChI=1S/C11H4Cl3NS/c12-9-3-11(14)10(13)2-8(9)6-1-7(4-15)16-5-6/h1-3,5H. The van der Waals surface area contributed by atoms with Gasteiger partial charge in [-0.1, -0.05) is 34.8 Å². The molecule has 1 nitrogen and oxygen atoms in total. The summed E-state index contributed by atoms with van der Waals surface area (Å²) < 4.78 is 0. The number of benzene rings is 1. The molecule has 1 aromatic heterocycles. The average molecular weight is 289 g/mol. The highest BCUT2D eigenvalue weighted by molar-refractivity contribution is 7.10. The van der Waals surface area contributed by atoms with Gasteiger partial charge in [-0.25, -0.2) is 0 Å². The van der Waals surface area contributed by atoms with Crippen molar-refractivity contribution >= 4 is 46.1 Å². The van der Waals surface area contributed by atoms with Crippen molar-refractivity contribution in [2.24, 2.45) is 0 Å². The van der Waals surface area contributed by atoms with Crippen LogP contribution in [-0.4, -0.2) is 0 Å². The molecule has 0 spiro atoms. The van der Waals surface area contributed by atoms with Gasteiger partial charge >= 0.3 is 0 Å². The Balaban J connectivity index is 2.56. The molecule has 0 radical (unpaired) electrons. The van der Waals surface area contributed by atoms with E-state index in [1.807, 2.05) is 5.38 Å². The normalized spacial score (nSPS) is 10.1. The van der Waals surface area contributed by atoms with Gasteiger partial charge in [-0.3, -0.25) is 0 Å². The van der Waals surface area contributed by atoms with Crippen LogP contribution in [0.15, 0.2) is 23.6 Å². The van der Waals surface area contributed by atoms with Crippen molar-refractivity contribution in [3.05, 3.63) is 43.5 Å². The predicted octanol–water partition coefficient (Wildman–Crippen LogP) is 5.25. The van der Waals surface area contributed by atoms with Gasteiger partial charge in [-0.15, -0.1) is 11.3 Å². The summed E-state index contributed by atoms with van der Waals surface area (Å²) in [5.41, 5.74) is 1.67. The molecule has 0 N–H and O–H groups in total. The van der Waals surface area contributed by atoms with E-state index in [2.05, 4.69) is 6.07 Å². The van der Waals surface area contributed by atoms with Crippen LogP contribution in [0.1, 0.15) is 4.88 Å². The molecule has 2 rings (SSSR count). The lowest BCUT2D eigenvalue weighted by atomic mass is 10.1. The van der Waals surface area contributed by atoms with E-state index >= 15 is 0 Å². The van der Waals surface area contributed by atoms with Crippen molar-refractivity contribution in [3.63, 3.8) is 0 Å². The van der Waals surface area contributed by atoms with Crippen LogP contribution in [0, 0.1) is 11.3 Å². The first kappa shape index (κ1) is 11.8. The topological polar surface area (TPSA) is 23.8 Å². The highest BCUT2D eigenvalue weighted by atomic mass is 35.5. The SMILES string of the molecule is N#Cc1cc(-c2cc(Cl)c(Cl)cc2Cl)cs1. The monoisotopic (exact) mass is 287 g/mol. The Bertz CT molecular complexity index is 583. The molecule has 5 heteroatoms. The second-order valence-electron chi connectivity index (χ2n) is 3.06. The third-order valence-electron chi connectivity index (χ3n) is 2.03. The number of nitriles is 1. The quantitative estimate of drug-likeness (QED) is 0.658. The molecule has 0 aliphatic carbocycles. The third-order valence-corrected chi connectivity index (χ3v) is 3.90. The molecule has 0 aliphatic heterocycles. The van der Waals surface area contributed by atoms with E-state index in [0.717, 1.165) is 11.1 Å². The molecule has 1 aromatic carbocycles. The summed E-state index contributed by atoms with van der Waals surface area (Å²) in [5.74, 6) is 0. The smallest absolute Gasteiger partial charge is 0.110 e. The lowest BCUT2D eigenvalue weighted by Gasteiger charge is -2.04. The Labute approximate surface area is 112 Å². The van der Waals surface area contributed by atoms with Crippen LogP contribution in [0.5, 0.6) is 0 Å². The number of rotatable bonds is 1. The van der Waals surface area contributed by atoms with E-state index in [-0.39, 0.29) is 0 Å². The van der Waals surface area contributed by atoms with E-state index < -0.39 is 0 Å². The largest absolute Gasteiger partial charge is 0.192 e. The van der Waals surface area contributed by atoms with Gasteiger partial charge in [0.1, 0.15) is 10.9 Å². The van der Waals surface area contributed by atoms with Crippen molar-refractivity contribution in [1.82, 2.24) is 0 Å². The van der Waals surface area contributed by atoms with Gasteiger partial charge in [-0.2, -0.15) is 5.26 Å². The minimum atomic E-state index is 0.422. The summed E-state index contributed by atoms with van der Waals surface area (Å²) in [5, 5.41) is 12.0. The van der Waals surface area contributed by atoms with E-state index in [4.69, 9.17) is 40.1 Å². The first-order valence-electron chi connectivity index (χ1n) is 4.25. The number of halogens is 3. The van der Waals surface area contributed by atoms with Crippen molar-refractivity contribution in [2.45, 2.75) is 0 Å². The van der Waals surface area contributed by atoms with Crippen LogP contribution in [0.4, 0.5) is 0 Å². The summed E-state index contributed by atoms with van der Waals surface area (Å²) in [6.07, 6.45) is 0. The lowest BCUT2D eigenvalue weighted by molar-refractivity contribution is 1.52. The van der Waals surface area contributed by atoms with Gasteiger partial charge in [0.2, 0.25) is 0 Å². The lowest BCUT2D eigenvalue weighted by Crippen LogP contribution is -1.78. The summed E-state index contributed by atoms with van der Waals surface area (Å²) in [6.45, 7) is 0. The molecule has 0 saturated heterocycles. The molecule has 2 aromatic rings. The molecule has 0 fully saturated rings. The third kappa shape index (κ3) is 2.18. The Morgan fingerprint density at radius 3 is 2.31 bits per heavy atom. The second kappa shape index (κ2) is 4.65. The van der Waals surface area contributed by atoms with E-state index in [9.17, 15) is 0 Å². The van der Waals surface area contributed by atoms with Crippen molar-refractivity contribution in [2.75, 3.05) is 0 Å². The van der Waals surface area contributed by atoms with Crippen molar-refractivity contribution in [3.8, 4) is 17.2 Å². The molecule has 0 saturated carbocycles. The number of thiophene rings is 1. The fraction of sp³-hybridized carbons (Fsp3) is 0. The van der Waals surface area contributed by atoms with E-state index in [1.165, 1.54) is 11.3 Å². The molecular weight excluding hydrogens is 285 g/mol.